The number of benzene rings is 2. The molecule has 0 aliphatic carbocycles. The van der Waals surface area contributed by atoms with Gasteiger partial charge >= 0.3 is 0 Å². The van der Waals surface area contributed by atoms with E-state index in [9.17, 15) is 4.79 Å². The van der Waals surface area contributed by atoms with Gasteiger partial charge in [-0.15, -0.1) is 0 Å². The summed E-state index contributed by atoms with van der Waals surface area (Å²) in [5, 5.41) is 0.819. The van der Waals surface area contributed by atoms with Crippen LogP contribution in [0.3, 0.4) is 0 Å². The summed E-state index contributed by atoms with van der Waals surface area (Å²) in [7, 11) is 0. The van der Waals surface area contributed by atoms with Crippen LogP contribution in [-0.4, -0.2) is 10.2 Å². The molecule has 23 heavy (non-hydrogen) atoms. The molecule has 0 saturated carbocycles. The van der Waals surface area contributed by atoms with E-state index in [-0.39, 0.29) is 5.91 Å². The first kappa shape index (κ1) is 17.0. The third-order valence-electron chi connectivity index (χ3n) is 3.10. The molecule has 0 atom stereocenters. The topological polar surface area (TPSA) is 20.3 Å². The van der Waals surface area contributed by atoms with Crippen LogP contribution in [-0.2, 0) is 4.79 Å². The van der Waals surface area contributed by atoms with Crippen LogP contribution >= 0.6 is 63.1 Å². The number of thioether (sulfide) groups is 1. The van der Waals surface area contributed by atoms with Gasteiger partial charge in [0.1, 0.15) is 0 Å². The van der Waals surface area contributed by atoms with Crippen molar-refractivity contribution >= 4 is 85.1 Å². The summed E-state index contributed by atoms with van der Waals surface area (Å²) in [6, 6.07) is 12.7. The molecule has 3 rings (SSSR count). The van der Waals surface area contributed by atoms with E-state index < -0.39 is 0 Å². The number of amides is 1. The van der Waals surface area contributed by atoms with Crippen LogP contribution in [0, 0.1) is 0 Å². The maximum atomic E-state index is 12.7. The second-order valence-corrected chi connectivity index (χ2v) is 8.08. The first-order valence-electron chi connectivity index (χ1n) is 6.44. The molecule has 1 aliphatic heterocycles. The van der Waals surface area contributed by atoms with Crippen molar-refractivity contribution < 1.29 is 4.79 Å². The molecule has 116 valence electrons. The Kier molecular flexibility index (Phi) is 5.13. The molecule has 0 N–H and O–H groups in total. The van der Waals surface area contributed by atoms with E-state index in [1.165, 1.54) is 16.7 Å². The average Bonchev–Trinajstić information content (AvgIpc) is 2.77. The predicted molar refractivity (Wildman–Crippen MR) is 106 cm³/mol. The number of thiocarbonyl (C=S) groups is 1. The minimum Gasteiger partial charge on any atom is -0.268 e. The lowest BCUT2D eigenvalue weighted by Gasteiger charge is -2.15. The van der Waals surface area contributed by atoms with Crippen LogP contribution < -0.4 is 4.90 Å². The second kappa shape index (κ2) is 6.95. The Morgan fingerprint density at radius 2 is 1.91 bits per heavy atom. The van der Waals surface area contributed by atoms with Gasteiger partial charge in [-0.1, -0.05) is 75.2 Å². The molecule has 1 fully saturated rings. The monoisotopic (exact) mass is 443 g/mol. The Hall–Kier alpha value is -0.850. The number of hydrogen-bond acceptors (Lipinski definition) is 3. The van der Waals surface area contributed by atoms with Crippen LogP contribution in [0.4, 0.5) is 5.69 Å². The van der Waals surface area contributed by atoms with E-state index in [2.05, 4.69) is 15.9 Å². The Morgan fingerprint density at radius 1 is 1.13 bits per heavy atom. The van der Waals surface area contributed by atoms with E-state index in [4.69, 9.17) is 35.4 Å². The summed E-state index contributed by atoms with van der Waals surface area (Å²) in [6.45, 7) is 0. The highest BCUT2D eigenvalue weighted by molar-refractivity contribution is 9.10. The number of halogens is 3. The van der Waals surface area contributed by atoms with E-state index >= 15 is 0 Å². The van der Waals surface area contributed by atoms with Gasteiger partial charge in [0.15, 0.2) is 4.32 Å². The Morgan fingerprint density at radius 3 is 2.61 bits per heavy atom. The van der Waals surface area contributed by atoms with Gasteiger partial charge in [0.25, 0.3) is 5.91 Å². The Bertz CT molecular complexity index is 854. The molecule has 0 radical (unpaired) electrons. The maximum Gasteiger partial charge on any atom is 0.270 e. The second-order valence-electron chi connectivity index (χ2n) is 4.67. The zero-order valence-electron chi connectivity index (χ0n) is 11.4. The Labute approximate surface area is 161 Å². The van der Waals surface area contributed by atoms with E-state index in [0.29, 0.717) is 25.0 Å². The van der Waals surface area contributed by atoms with Crippen molar-refractivity contribution in [2.24, 2.45) is 0 Å². The van der Waals surface area contributed by atoms with Crippen molar-refractivity contribution in [3.05, 3.63) is 67.5 Å². The SMILES string of the molecule is O=C1/C(=C/c2cccc(Br)c2)SC(=S)N1c1ccc(Cl)c(Cl)c1. The van der Waals surface area contributed by atoms with Gasteiger partial charge in [-0.05, 0) is 42.0 Å². The smallest absolute Gasteiger partial charge is 0.268 e. The summed E-state index contributed by atoms with van der Waals surface area (Å²) in [6.07, 6.45) is 1.82. The van der Waals surface area contributed by atoms with E-state index in [0.717, 1.165) is 10.0 Å². The molecule has 2 nitrogen and oxygen atoms in total. The molecule has 0 unspecified atom stereocenters. The molecule has 2 aromatic rings. The molecule has 1 aliphatic rings. The van der Waals surface area contributed by atoms with Gasteiger partial charge < -0.3 is 0 Å². The quantitative estimate of drug-likeness (QED) is 0.408. The number of nitrogens with zero attached hydrogens (tertiary/aromatic N) is 1. The van der Waals surface area contributed by atoms with E-state index in [1.807, 2.05) is 30.3 Å². The maximum absolute atomic E-state index is 12.7. The number of carbonyl (C=O) groups is 1. The summed E-state index contributed by atoms with van der Waals surface area (Å²) < 4.78 is 1.42. The van der Waals surface area contributed by atoms with Crippen LogP contribution in [0.25, 0.3) is 6.08 Å². The normalized spacial score (nSPS) is 16.5. The molecule has 0 aromatic heterocycles. The van der Waals surface area contributed by atoms with Crippen molar-refractivity contribution in [3.63, 3.8) is 0 Å². The molecule has 0 spiro atoms. The van der Waals surface area contributed by atoms with Crippen LogP contribution in [0.1, 0.15) is 5.56 Å². The highest BCUT2D eigenvalue weighted by Crippen LogP contribution is 2.38. The summed E-state index contributed by atoms with van der Waals surface area (Å²) in [5.74, 6) is -0.168. The lowest BCUT2D eigenvalue weighted by atomic mass is 10.2. The third-order valence-corrected chi connectivity index (χ3v) is 5.64. The molecular weight excluding hydrogens is 437 g/mol. The predicted octanol–water partition coefficient (Wildman–Crippen LogP) is 6.16. The van der Waals surface area contributed by atoms with Crippen molar-refractivity contribution in [1.29, 1.82) is 0 Å². The van der Waals surface area contributed by atoms with Gasteiger partial charge in [0.05, 0.1) is 20.6 Å². The van der Waals surface area contributed by atoms with Gasteiger partial charge in [-0.25, -0.2) is 0 Å². The molecule has 0 bridgehead atoms. The van der Waals surface area contributed by atoms with Crippen molar-refractivity contribution in [1.82, 2.24) is 0 Å². The van der Waals surface area contributed by atoms with Crippen LogP contribution in [0.15, 0.2) is 51.8 Å². The number of rotatable bonds is 2. The first-order chi connectivity index (χ1) is 11.0. The zero-order chi connectivity index (χ0) is 16.6. The minimum atomic E-state index is -0.168. The van der Waals surface area contributed by atoms with Gasteiger partial charge in [-0.3, -0.25) is 9.69 Å². The molecular formula is C16H8BrCl2NOS2. The van der Waals surface area contributed by atoms with Crippen molar-refractivity contribution in [2.75, 3.05) is 4.90 Å². The summed E-state index contributed by atoms with van der Waals surface area (Å²) >= 11 is 22.0. The fraction of sp³-hybridized carbons (Fsp3) is 0. The minimum absolute atomic E-state index is 0.168. The summed E-state index contributed by atoms with van der Waals surface area (Å²) in [4.78, 5) is 14.7. The molecule has 2 aromatic carbocycles. The lowest BCUT2D eigenvalue weighted by molar-refractivity contribution is -0.113. The highest BCUT2D eigenvalue weighted by atomic mass is 79.9. The van der Waals surface area contributed by atoms with Gasteiger partial charge in [-0.2, -0.15) is 0 Å². The van der Waals surface area contributed by atoms with Crippen molar-refractivity contribution in [2.45, 2.75) is 0 Å². The largest absolute Gasteiger partial charge is 0.270 e. The van der Waals surface area contributed by atoms with Crippen molar-refractivity contribution in [3.8, 4) is 0 Å². The standard InChI is InChI=1S/C16H8BrCl2NOS2/c17-10-3-1-2-9(6-10)7-14-15(21)20(16(22)23-14)11-4-5-12(18)13(19)8-11/h1-8H/b14-7-. The van der Waals surface area contributed by atoms with Gasteiger partial charge in [0.2, 0.25) is 0 Å². The zero-order valence-corrected chi connectivity index (χ0v) is 16.2. The molecule has 1 saturated heterocycles. The molecule has 1 heterocycles. The average molecular weight is 445 g/mol. The summed E-state index contributed by atoms with van der Waals surface area (Å²) in [5.41, 5.74) is 1.54. The van der Waals surface area contributed by atoms with E-state index in [1.54, 1.807) is 18.2 Å². The lowest BCUT2D eigenvalue weighted by Crippen LogP contribution is -2.27. The van der Waals surface area contributed by atoms with Crippen LogP contribution in [0.2, 0.25) is 10.0 Å². The Balaban J connectivity index is 1.95. The first-order valence-corrected chi connectivity index (χ1v) is 9.21. The number of carbonyl (C=O) groups excluding carboxylic acids is 1. The number of anilines is 1. The van der Waals surface area contributed by atoms with Crippen LogP contribution in [0.5, 0.6) is 0 Å². The highest BCUT2D eigenvalue weighted by Gasteiger charge is 2.33. The third kappa shape index (κ3) is 3.64. The number of hydrogen-bond donors (Lipinski definition) is 0. The molecule has 1 amide bonds. The molecule has 7 heteroatoms. The fourth-order valence-corrected chi connectivity index (χ4v) is 4.07. The fourth-order valence-electron chi connectivity index (χ4n) is 2.06. The van der Waals surface area contributed by atoms with Gasteiger partial charge in [0, 0.05) is 4.47 Å².